The van der Waals surface area contributed by atoms with Gasteiger partial charge in [-0.3, -0.25) is 5.32 Å². The molecule has 0 aliphatic heterocycles. The summed E-state index contributed by atoms with van der Waals surface area (Å²) in [6.07, 6.45) is 11.2. The first-order valence-electron chi connectivity index (χ1n) is 8.53. The molecule has 0 aromatic heterocycles. The highest BCUT2D eigenvalue weighted by Crippen LogP contribution is 2.34. The van der Waals surface area contributed by atoms with Crippen LogP contribution in [0, 0.1) is 17.2 Å². The van der Waals surface area contributed by atoms with Gasteiger partial charge in [-0.2, -0.15) is 5.26 Å². The summed E-state index contributed by atoms with van der Waals surface area (Å²) in [6, 6.07) is 2.51. The Balaban J connectivity index is 1.88. The van der Waals surface area contributed by atoms with E-state index in [2.05, 4.69) is 25.2 Å². The summed E-state index contributed by atoms with van der Waals surface area (Å²) in [4.78, 5) is 0. The van der Waals surface area contributed by atoms with Crippen molar-refractivity contribution in [1.82, 2.24) is 5.32 Å². The molecule has 0 aromatic carbocycles. The molecule has 4 unspecified atom stereocenters. The van der Waals surface area contributed by atoms with Crippen LogP contribution in [-0.2, 0) is 4.74 Å². The topological polar surface area (TPSA) is 45.0 Å². The van der Waals surface area contributed by atoms with E-state index in [9.17, 15) is 5.26 Å². The van der Waals surface area contributed by atoms with Crippen LogP contribution in [0.2, 0.25) is 0 Å². The normalized spacial score (nSPS) is 38.4. The minimum atomic E-state index is -0.337. The van der Waals surface area contributed by atoms with Crippen molar-refractivity contribution < 1.29 is 4.74 Å². The van der Waals surface area contributed by atoms with Gasteiger partial charge in [0.1, 0.15) is 5.54 Å². The summed E-state index contributed by atoms with van der Waals surface area (Å²) >= 11 is 0. The van der Waals surface area contributed by atoms with Crippen molar-refractivity contribution in [1.29, 1.82) is 5.26 Å². The maximum Gasteiger partial charge on any atom is 0.109 e. The molecule has 0 amide bonds. The molecule has 0 bridgehead atoms. The van der Waals surface area contributed by atoms with Crippen molar-refractivity contribution in [2.45, 2.75) is 89.4 Å². The lowest BCUT2D eigenvalue weighted by molar-refractivity contribution is -0.0645. The standard InChI is InChI=1S/C17H30N2O/c1-3-14-7-5-8-15(11-14)20-16-9-6-10-17(12-16,13-18)19-4-2/h14-16,19H,3-12H2,1-2H3. The Morgan fingerprint density at radius 3 is 2.70 bits per heavy atom. The Kier molecular flexibility index (Phi) is 5.86. The molecule has 0 aromatic rings. The molecule has 114 valence electrons. The second-order valence-electron chi connectivity index (χ2n) is 6.64. The van der Waals surface area contributed by atoms with E-state index < -0.39 is 0 Å². The molecule has 20 heavy (non-hydrogen) atoms. The molecule has 0 radical (unpaired) electrons. The van der Waals surface area contributed by atoms with Gasteiger partial charge >= 0.3 is 0 Å². The Morgan fingerprint density at radius 2 is 2.00 bits per heavy atom. The Morgan fingerprint density at radius 1 is 1.20 bits per heavy atom. The zero-order chi connectivity index (χ0) is 14.4. The van der Waals surface area contributed by atoms with E-state index in [0.717, 1.165) is 38.1 Å². The third-order valence-corrected chi connectivity index (χ3v) is 5.13. The third kappa shape index (κ3) is 3.96. The van der Waals surface area contributed by atoms with Crippen LogP contribution < -0.4 is 5.32 Å². The van der Waals surface area contributed by atoms with Gasteiger partial charge in [0.15, 0.2) is 0 Å². The van der Waals surface area contributed by atoms with Crippen molar-refractivity contribution in [3.8, 4) is 6.07 Å². The van der Waals surface area contributed by atoms with Crippen molar-refractivity contribution >= 4 is 0 Å². The van der Waals surface area contributed by atoms with Gasteiger partial charge < -0.3 is 4.74 Å². The highest BCUT2D eigenvalue weighted by atomic mass is 16.5. The quantitative estimate of drug-likeness (QED) is 0.832. The average Bonchev–Trinajstić information content (AvgIpc) is 2.48. The van der Waals surface area contributed by atoms with Crippen molar-refractivity contribution in [2.75, 3.05) is 6.54 Å². The molecule has 0 spiro atoms. The maximum atomic E-state index is 9.51. The highest BCUT2D eigenvalue weighted by molar-refractivity contribution is 5.10. The molecule has 2 aliphatic carbocycles. The predicted octanol–water partition coefficient (Wildman–Crippen LogP) is 3.79. The fourth-order valence-electron chi connectivity index (χ4n) is 3.99. The van der Waals surface area contributed by atoms with Crippen molar-refractivity contribution in [2.24, 2.45) is 5.92 Å². The molecule has 3 nitrogen and oxygen atoms in total. The second-order valence-corrected chi connectivity index (χ2v) is 6.64. The number of rotatable bonds is 5. The van der Waals surface area contributed by atoms with Crippen LogP contribution >= 0.6 is 0 Å². The second kappa shape index (κ2) is 7.43. The zero-order valence-corrected chi connectivity index (χ0v) is 13.2. The first-order chi connectivity index (χ1) is 9.71. The van der Waals surface area contributed by atoms with Gasteiger partial charge in [0, 0.05) is 6.42 Å². The number of nitriles is 1. The summed E-state index contributed by atoms with van der Waals surface area (Å²) in [5.41, 5.74) is -0.337. The molecule has 2 saturated carbocycles. The average molecular weight is 278 g/mol. The van der Waals surface area contributed by atoms with E-state index in [0.29, 0.717) is 6.10 Å². The minimum Gasteiger partial charge on any atom is -0.375 e. The zero-order valence-electron chi connectivity index (χ0n) is 13.2. The summed E-state index contributed by atoms with van der Waals surface area (Å²) in [5.74, 6) is 0.854. The molecule has 0 saturated heterocycles. The summed E-state index contributed by atoms with van der Waals surface area (Å²) in [6.45, 7) is 5.23. The summed E-state index contributed by atoms with van der Waals surface area (Å²) in [5, 5.41) is 12.9. The van der Waals surface area contributed by atoms with Gasteiger partial charge in [0.25, 0.3) is 0 Å². The summed E-state index contributed by atoms with van der Waals surface area (Å²) < 4.78 is 6.38. The highest BCUT2D eigenvalue weighted by Gasteiger charge is 2.37. The van der Waals surface area contributed by atoms with Gasteiger partial charge in [-0.25, -0.2) is 0 Å². The van der Waals surface area contributed by atoms with Crippen LogP contribution in [0.15, 0.2) is 0 Å². The lowest BCUT2D eigenvalue weighted by Crippen LogP contribution is -2.49. The van der Waals surface area contributed by atoms with E-state index in [1.54, 1.807) is 0 Å². The van der Waals surface area contributed by atoms with E-state index in [1.165, 1.54) is 32.1 Å². The number of ether oxygens (including phenoxy) is 1. The molecular weight excluding hydrogens is 248 g/mol. The van der Waals surface area contributed by atoms with E-state index in [4.69, 9.17) is 4.74 Å². The number of nitrogens with zero attached hydrogens (tertiary/aromatic N) is 1. The largest absolute Gasteiger partial charge is 0.375 e. The van der Waals surface area contributed by atoms with Gasteiger partial charge in [-0.15, -0.1) is 0 Å². The van der Waals surface area contributed by atoms with Crippen LogP contribution in [0.4, 0.5) is 0 Å². The van der Waals surface area contributed by atoms with E-state index in [-0.39, 0.29) is 11.6 Å². The Labute approximate surface area is 124 Å². The molecule has 2 fully saturated rings. The van der Waals surface area contributed by atoms with Crippen LogP contribution in [-0.4, -0.2) is 24.3 Å². The van der Waals surface area contributed by atoms with Crippen molar-refractivity contribution in [3.63, 3.8) is 0 Å². The van der Waals surface area contributed by atoms with Gasteiger partial charge in [-0.05, 0) is 44.6 Å². The lowest BCUT2D eigenvalue weighted by atomic mass is 9.80. The molecule has 2 rings (SSSR count). The number of nitrogens with one attached hydrogen (secondary N) is 1. The number of hydrogen-bond donors (Lipinski definition) is 1. The molecular formula is C17H30N2O. The van der Waals surface area contributed by atoms with E-state index in [1.807, 2.05) is 0 Å². The predicted molar refractivity (Wildman–Crippen MR) is 81.4 cm³/mol. The third-order valence-electron chi connectivity index (χ3n) is 5.13. The van der Waals surface area contributed by atoms with Crippen LogP contribution in [0.3, 0.4) is 0 Å². The number of hydrogen-bond acceptors (Lipinski definition) is 3. The molecule has 1 N–H and O–H groups in total. The molecule has 4 atom stereocenters. The van der Waals surface area contributed by atoms with Gasteiger partial charge in [-0.1, -0.05) is 33.1 Å². The Bertz CT molecular complexity index is 334. The van der Waals surface area contributed by atoms with Gasteiger partial charge in [0.2, 0.25) is 0 Å². The van der Waals surface area contributed by atoms with Gasteiger partial charge in [0.05, 0.1) is 18.3 Å². The summed E-state index contributed by atoms with van der Waals surface area (Å²) in [7, 11) is 0. The molecule has 2 aliphatic rings. The Hall–Kier alpha value is -0.590. The lowest BCUT2D eigenvalue weighted by Gasteiger charge is -2.39. The van der Waals surface area contributed by atoms with Crippen LogP contribution in [0.1, 0.15) is 71.6 Å². The maximum absolute atomic E-state index is 9.51. The monoisotopic (exact) mass is 278 g/mol. The SMILES string of the molecule is CCNC1(C#N)CCCC(OC2CCCC(CC)C2)C1. The fourth-order valence-corrected chi connectivity index (χ4v) is 3.99. The fraction of sp³-hybridized carbons (Fsp3) is 0.941. The first-order valence-corrected chi connectivity index (χ1v) is 8.53. The van der Waals surface area contributed by atoms with E-state index >= 15 is 0 Å². The smallest absolute Gasteiger partial charge is 0.109 e. The van der Waals surface area contributed by atoms with Crippen molar-refractivity contribution in [3.05, 3.63) is 0 Å². The van der Waals surface area contributed by atoms with Crippen LogP contribution in [0.5, 0.6) is 0 Å². The molecule has 0 heterocycles. The van der Waals surface area contributed by atoms with Crippen LogP contribution in [0.25, 0.3) is 0 Å². The minimum absolute atomic E-state index is 0.281. The molecule has 3 heteroatoms. The first kappa shape index (κ1) is 15.8.